The summed E-state index contributed by atoms with van der Waals surface area (Å²) in [6, 6.07) is 12.9. The van der Waals surface area contributed by atoms with E-state index in [0.717, 1.165) is 55.1 Å². The first kappa shape index (κ1) is 19.4. The molecule has 1 fully saturated rings. The van der Waals surface area contributed by atoms with E-state index in [1.165, 1.54) is 11.6 Å². The number of aryl methyl sites for hydroxylation is 1. The van der Waals surface area contributed by atoms with Crippen LogP contribution in [0.15, 0.2) is 54.9 Å². The third-order valence-corrected chi connectivity index (χ3v) is 7.33. The molecule has 4 heterocycles. The molecule has 162 valence electrons. The molecule has 0 radical (unpaired) electrons. The smallest absolute Gasteiger partial charge is 0.155 e. The monoisotopic (exact) mass is 428 g/mol. The number of hydrogen-bond acceptors (Lipinski definition) is 5. The van der Waals surface area contributed by atoms with Crippen molar-refractivity contribution in [3.63, 3.8) is 0 Å². The highest BCUT2D eigenvalue weighted by Gasteiger charge is 2.46. The molecule has 1 spiro atoms. The Morgan fingerprint density at radius 1 is 1.06 bits per heavy atom. The first-order chi connectivity index (χ1) is 15.6. The largest absolute Gasteiger partial charge is 0.355 e. The van der Waals surface area contributed by atoms with Gasteiger partial charge >= 0.3 is 0 Å². The highest BCUT2D eigenvalue weighted by atomic mass is 19.1. The number of halogens is 1. The van der Waals surface area contributed by atoms with Crippen molar-refractivity contribution in [2.45, 2.75) is 32.2 Å². The van der Waals surface area contributed by atoms with Gasteiger partial charge in [-0.05, 0) is 61.4 Å². The van der Waals surface area contributed by atoms with Crippen LogP contribution < -0.4 is 10.6 Å². The summed E-state index contributed by atoms with van der Waals surface area (Å²) in [5.74, 6) is 0.627. The standard InChI is InChI=1S/C25H25FN6/c1-16-22(17-5-2-3-7-19(17)26)32-21(8-12-29-32)24(30-16)31-13-9-25(10-14-31)15-20-18(23(25)27)6-4-11-28-20/h2-8,11-12,23H,9-10,13-15,27H2,1H3/t23-/m1/s1. The Bertz CT molecular complexity index is 1320. The number of anilines is 1. The molecular formula is C25H25FN6. The second-order valence-electron chi connectivity index (χ2n) is 9.02. The predicted octanol–water partition coefficient (Wildman–Crippen LogP) is 4.08. The van der Waals surface area contributed by atoms with Crippen LogP contribution in [0.1, 0.15) is 35.8 Å². The van der Waals surface area contributed by atoms with Gasteiger partial charge in [-0.2, -0.15) is 5.10 Å². The van der Waals surface area contributed by atoms with E-state index in [9.17, 15) is 4.39 Å². The number of benzene rings is 1. The van der Waals surface area contributed by atoms with Crippen LogP contribution in [0.4, 0.5) is 10.2 Å². The van der Waals surface area contributed by atoms with Gasteiger partial charge in [0.2, 0.25) is 0 Å². The fraction of sp³-hybridized carbons (Fsp3) is 0.320. The summed E-state index contributed by atoms with van der Waals surface area (Å²) < 4.78 is 16.4. The molecule has 1 aliphatic heterocycles. The molecule has 0 bridgehead atoms. The van der Waals surface area contributed by atoms with E-state index in [2.05, 4.69) is 21.0 Å². The molecule has 3 aromatic heterocycles. The van der Waals surface area contributed by atoms with Gasteiger partial charge in [-0.1, -0.05) is 18.2 Å². The number of nitrogens with two attached hydrogens (primary N) is 1. The summed E-state index contributed by atoms with van der Waals surface area (Å²) in [5.41, 5.74) is 12.0. The van der Waals surface area contributed by atoms with Crippen LogP contribution in [0.5, 0.6) is 0 Å². The maximum absolute atomic E-state index is 14.6. The van der Waals surface area contributed by atoms with Gasteiger partial charge in [0.05, 0.1) is 17.6 Å². The van der Waals surface area contributed by atoms with Crippen molar-refractivity contribution in [1.82, 2.24) is 19.6 Å². The van der Waals surface area contributed by atoms with Crippen LogP contribution in [0, 0.1) is 18.2 Å². The average Bonchev–Trinajstić information content (AvgIpc) is 3.39. The van der Waals surface area contributed by atoms with Crippen molar-refractivity contribution in [3.8, 4) is 11.3 Å². The molecule has 0 amide bonds. The number of rotatable bonds is 2. The molecule has 1 saturated heterocycles. The van der Waals surface area contributed by atoms with E-state index in [0.29, 0.717) is 11.3 Å². The maximum Gasteiger partial charge on any atom is 0.155 e. The van der Waals surface area contributed by atoms with Gasteiger partial charge in [0, 0.05) is 36.6 Å². The summed E-state index contributed by atoms with van der Waals surface area (Å²) >= 11 is 0. The minimum atomic E-state index is -0.273. The highest BCUT2D eigenvalue weighted by molar-refractivity contribution is 5.75. The minimum Gasteiger partial charge on any atom is -0.355 e. The van der Waals surface area contributed by atoms with Crippen molar-refractivity contribution in [2.75, 3.05) is 18.0 Å². The Morgan fingerprint density at radius 3 is 2.66 bits per heavy atom. The molecule has 2 aliphatic rings. The van der Waals surface area contributed by atoms with Crippen molar-refractivity contribution >= 4 is 11.3 Å². The number of hydrogen-bond donors (Lipinski definition) is 1. The zero-order chi connectivity index (χ0) is 21.9. The van der Waals surface area contributed by atoms with Crippen LogP contribution >= 0.6 is 0 Å². The zero-order valence-corrected chi connectivity index (χ0v) is 18.0. The van der Waals surface area contributed by atoms with E-state index in [-0.39, 0.29) is 17.3 Å². The second kappa shape index (κ2) is 7.10. The first-order valence-electron chi connectivity index (χ1n) is 11.1. The zero-order valence-electron chi connectivity index (χ0n) is 18.0. The quantitative estimate of drug-likeness (QED) is 0.521. The number of nitrogens with zero attached hydrogens (tertiary/aromatic N) is 5. The van der Waals surface area contributed by atoms with E-state index < -0.39 is 0 Å². The predicted molar refractivity (Wildman–Crippen MR) is 122 cm³/mol. The maximum atomic E-state index is 14.6. The van der Waals surface area contributed by atoms with E-state index in [1.807, 2.05) is 35.8 Å². The third kappa shape index (κ3) is 2.77. The van der Waals surface area contributed by atoms with Crippen molar-refractivity contribution in [3.05, 3.63) is 77.6 Å². The van der Waals surface area contributed by atoms with Crippen LogP contribution in [-0.2, 0) is 6.42 Å². The Labute approximate surface area is 185 Å². The Kier molecular flexibility index (Phi) is 4.30. The molecule has 0 unspecified atom stereocenters. The molecule has 32 heavy (non-hydrogen) atoms. The third-order valence-electron chi connectivity index (χ3n) is 7.33. The highest BCUT2D eigenvalue weighted by Crippen LogP contribution is 2.50. The van der Waals surface area contributed by atoms with Gasteiger partial charge in [0.1, 0.15) is 11.3 Å². The molecule has 2 N–H and O–H groups in total. The lowest BCUT2D eigenvalue weighted by Crippen LogP contribution is -2.44. The molecule has 1 aromatic carbocycles. The van der Waals surface area contributed by atoms with Gasteiger partial charge in [-0.3, -0.25) is 4.98 Å². The molecule has 0 saturated carbocycles. The Morgan fingerprint density at radius 2 is 1.88 bits per heavy atom. The molecule has 6 nitrogen and oxygen atoms in total. The normalized spacial score (nSPS) is 19.6. The summed E-state index contributed by atoms with van der Waals surface area (Å²) in [6.45, 7) is 3.66. The molecule has 1 aliphatic carbocycles. The van der Waals surface area contributed by atoms with E-state index >= 15 is 0 Å². The summed E-state index contributed by atoms with van der Waals surface area (Å²) in [4.78, 5) is 11.8. The SMILES string of the molecule is Cc1nc(N2CCC3(CC2)Cc2ncccc2[C@H]3N)c2ccnn2c1-c1ccccc1F. The molecule has 6 rings (SSSR count). The van der Waals surface area contributed by atoms with Crippen LogP contribution in [-0.4, -0.2) is 32.7 Å². The number of piperidine rings is 1. The van der Waals surface area contributed by atoms with Crippen LogP contribution in [0.3, 0.4) is 0 Å². The average molecular weight is 429 g/mol. The number of fused-ring (bicyclic) bond motifs is 2. The summed E-state index contributed by atoms with van der Waals surface area (Å²) in [5, 5.41) is 4.52. The Hall–Kier alpha value is -3.32. The lowest BCUT2D eigenvalue weighted by molar-refractivity contribution is 0.187. The number of pyridine rings is 1. The fourth-order valence-corrected chi connectivity index (χ4v) is 5.57. The van der Waals surface area contributed by atoms with Gasteiger partial charge in [-0.15, -0.1) is 0 Å². The van der Waals surface area contributed by atoms with Crippen molar-refractivity contribution in [2.24, 2.45) is 11.1 Å². The molecular weight excluding hydrogens is 403 g/mol. The summed E-state index contributed by atoms with van der Waals surface area (Å²) in [7, 11) is 0. The molecule has 1 atom stereocenters. The van der Waals surface area contributed by atoms with E-state index in [4.69, 9.17) is 10.7 Å². The number of aromatic nitrogens is 4. The van der Waals surface area contributed by atoms with E-state index in [1.54, 1.807) is 18.3 Å². The van der Waals surface area contributed by atoms with Gasteiger partial charge in [0.25, 0.3) is 0 Å². The van der Waals surface area contributed by atoms with Gasteiger partial charge < -0.3 is 10.6 Å². The lowest BCUT2D eigenvalue weighted by atomic mass is 9.73. The van der Waals surface area contributed by atoms with Crippen molar-refractivity contribution in [1.29, 1.82) is 0 Å². The van der Waals surface area contributed by atoms with Gasteiger partial charge in [0.15, 0.2) is 5.82 Å². The first-order valence-corrected chi connectivity index (χ1v) is 11.1. The summed E-state index contributed by atoms with van der Waals surface area (Å²) in [6.07, 6.45) is 6.53. The molecule has 7 heteroatoms. The topological polar surface area (TPSA) is 72.3 Å². The fourth-order valence-electron chi connectivity index (χ4n) is 5.57. The molecule has 4 aromatic rings. The second-order valence-corrected chi connectivity index (χ2v) is 9.02. The van der Waals surface area contributed by atoms with Crippen LogP contribution in [0.25, 0.3) is 16.8 Å². The minimum absolute atomic E-state index is 0.0291. The van der Waals surface area contributed by atoms with Crippen LogP contribution in [0.2, 0.25) is 0 Å². The Balaban J connectivity index is 1.34. The lowest BCUT2D eigenvalue weighted by Gasteiger charge is -2.42. The van der Waals surface area contributed by atoms with Crippen molar-refractivity contribution < 1.29 is 4.39 Å². The van der Waals surface area contributed by atoms with Gasteiger partial charge in [-0.25, -0.2) is 13.9 Å².